The average molecular weight is 382 g/mol. The van der Waals surface area contributed by atoms with Gasteiger partial charge in [-0.3, -0.25) is 0 Å². The molecule has 4 atom stereocenters. The molecule has 2 heteroatoms. The summed E-state index contributed by atoms with van der Waals surface area (Å²) in [5.74, 6) is 0. The van der Waals surface area contributed by atoms with Crippen molar-refractivity contribution in [3.8, 4) is 0 Å². The van der Waals surface area contributed by atoms with Crippen molar-refractivity contribution in [2.45, 2.75) is 75.5 Å². The van der Waals surface area contributed by atoms with Crippen molar-refractivity contribution < 1.29 is 0 Å². The molecule has 0 spiro atoms. The van der Waals surface area contributed by atoms with Crippen LogP contribution in [-0.4, -0.2) is 10.3 Å². The van der Waals surface area contributed by atoms with Crippen LogP contribution in [0.5, 0.6) is 0 Å². The first-order valence-corrected chi connectivity index (χ1v) is 13.1. The van der Waals surface area contributed by atoms with Gasteiger partial charge in [-0.05, 0) is 44.9 Å². The number of fused-ring (bicyclic) bond motifs is 2. The zero-order valence-corrected chi connectivity index (χ0v) is 18.9. The number of hydrogen-bond acceptors (Lipinski definition) is 0. The third-order valence-electron chi connectivity index (χ3n) is 6.12. The van der Waals surface area contributed by atoms with E-state index in [1.165, 1.54) is 12.3 Å². The van der Waals surface area contributed by atoms with E-state index in [1.54, 1.807) is 22.3 Å². The second kappa shape index (κ2) is 6.43. The van der Waals surface area contributed by atoms with E-state index in [9.17, 15) is 0 Å². The zero-order valence-electron chi connectivity index (χ0n) is 17.1. The van der Waals surface area contributed by atoms with Crippen molar-refractivity contribution in [2.24, 2.45) is 0 Å². The van der Waals surface area contributed by atoms with Crippen molar-refractivity contribution in [2.75, 3.05) is 0 Å². The molecule has 1 unspecified atom stereocenters. The van der Waals surface area contributed by atoms with Gasteiger partial charge in [0.2, 0.25) is 0 Å². The van der Waals surface area contributed by atoms with Crippen LogP contribution in [0.15, 0.2) is 48.5 Å². The van der Waals surface area contributed by atoms with Crippen molar-refractivity contribution in [3.05, 3.63) is 70.8 Å². The van der Waals surface area contributed by atoms with Crippen molar-refractivity contribution in [1.29, 1.82) is 0 Å². The van der Waals surface area contributed by atoms with Crippen LogP contribution in [-0.2, 0) is 12.3 Å². The highest BCUT2D eigenvalue weighted by atomic mass is 31.1. The predicted molar refractivity (Wildman–Crippen MR) is 119 cm³/mol. The second-order valence-corrected chi connectivity index (χ2v) is 16.2. The normalized spacial score (nSPS) is 28.1. The van der Waals surface area contributed by atoms with E-state index in [0.717, 1.165) is 11.3 Å². The van der Waals surface area contributed by atoms with Crippen LogP contribution in [0.2, 0.25) is 0 Å². The van der Waals surface area contributed by atoms with Gasteiger partial charge in [-0.15, -0.1) is 0 Å². The van der Waals surface area contributed by atoms with Gasteiger partial charge < -0.3 is 0 Å². The minimum absolute atomic E-state index is 0.0695. The summed E-state index contributed by atoms with van der Waals surface area (Å²) in [6.45, 7) is 14.9. The maximum atomic E-state index is 2.48. The molecule has 2 aliphatic heterocycles. The van der Waals surface area contributed by atoms with E-state index >= 15 is 0 Å². The molecule has 2 aromatic rings. The van der Waals surface area contributed by atoms with Crippen LogP contribution in [0.1, 0.15) is 75.1 Å². The third-order valence-corrected chi connectivity index (χ3v) is 13.7. The van der Waals surface area contributed by atoms with Crippen LogP contribution < -0.4 is 0 Å². The molecular weight excluding hydrogens is 350 g/mol. The summed E-state index contributed by atoms with van der Waals surface area (Å²) >= 11 is 0. The zero-order chi connectivity index (χ0) is 18.7. The van der Waals surface area contributed by atoms with Crippen LogP contribution in [0, 0.1) is 0 Å². The van der Waals surface area contributed by atoms with Crippen LogP contribution in [0.4, 0.5) is 0 Å². The lowest BCUT2D eigenvalue weighted by Gasteiger charge is -2.42. The molecule has 0 saturated carbocycles. The Morgan fingerprint density at radius 2 is 0.962 bits per heavy atom. The van der Waals surface area contributed by atoms with E-state index in [4.69, 9.17) is 0 Å². The number of hydrogen-bond donors (Lipinski definition) is 0. The standard InChI is InChI=1S/C24H32P2/c1-23(2,3)25-15-17-11-7-9-13-19(17)21(25)22-20-14-10-8-12-18(20)16-26(22)24(4,5)6/h7-14,21-22H,15-16H2,1-6H3/t21-,22?,25-,26-/m0/s1. The lowest BCUT2D eigenvalue weighted by Crippen LogP contribution is -2.20. The van der Waals surface area contributed by atoms with Gasteiger partial charge in [0.25, 0.3) is 0 Å². The summed E-state index contributed by atoms with van der Waals surface area (Å²) in [6, 6.07) is 18.7. The predicted octanol–water partition coefficient (Wildman–Crippen LogP) is 8.06. The summed E-state index contributed by atoms with van der Waals surface area (Å²) < 4.78 is 0. The first-order chi connectivity index (χ1) is 12.2. The highest BCUT2D eigenvalue weighted by molar-refractivity contribution is 7.63. The molecule has 26 heavy (non-hydrogen) atoms. The van der Waals surface area contributed by atoms with Gasteiger partial charge >= 0.3 is 0 Å². The topological polar surface area (TPSA) is 0 Å². The van der Waals surface area contributed by atoms with E-state index in [0.29, 0.717) is 10.3 Å². The maximum Gasteiger partial charge on any atom is 0.0161 e. The van der Waals surface area contributed by atoms with Gasteiger partial charge in [-0.1, -0.05) is 106 Å². The average Bonchev–Trinajstić information content (AvgIpc) is 3.12. The SMILES string of the molecule is CC(C)(C)[P@@]1Cc2ccccc2C1[C@@H]1c2ccccc2C[P@]1C(C)(C)C. The lowest BCUT2D eigenvalue weighted by molar-refractivity contribution is 0.736. The Labute approximate surface area is 162 Å². The molecule has 0 amide bonds. The van der Waals surface area contributed by atoms with Gasteiger partial charge in [-0.2, -0.15) is 0 Å². The second-order valence-electron chi connectivity index (χ2n) is 9.88. The summed E-state index contributed by atoms with van der Waals surface area (Å²) in [6.07, 6.45) is 2.62. The fraction of sp³-hybridized carbons (Fsp3) is 0.500. The molecule has 0 N–H and O–H groups in total. The summed E-state index contributed by atoms with van der Waals surface area (Å²) in [7, 11) is -0.139. The molecule has 0 aliphatic carbocycles. The molecule has 4 rings (SSSR count). The van der Waals surface area contributed by atoms with E-state index < -0.39 is 0 Å². The number of rotatable bonds is 1. The first kappa shape index (κ1) is 18.7. The molecule has 0 nitrogen and oxygen atoms in total. The Hall–Kier alpha value is -0.700. The molecule has 0 bridgehead atoms. The molecule has 2 aromatic carbocycles. The molecule has 0 saturated heterocycles. The molecule has 138 valence electrons. The first-order valence-electron chi connectivity index (χ1n) is 9.87. The van der Waals surface area contributed by atoms with Gasteiger partial charge in [-0.25, -0.2) is 0 Å². The Balaban J connectivity index is 1.89. The fourth-order valence-corrected chi connectivity index (χ4v) is 12.3. The lowest BCUT2D eigenvalue weighted by atomic mass is 9.98. The van der Waals surface area contributed by atoms with Crippen molar-refractivity contribution in [1.82, 2.24) is 0 Å². The van der Waals surface area contributed by atoms with Crippen molar-refractivity contribution in [3.63, 3.8) is 0 Å². The largest absolute Gasteiger partial charge is 0.0880 e. The van der Waals surface area contributed by atoms with Crippen LogP contribution in [0.25, 0.3) is 0 Å². The van der Waals surface area contributed by atoms with Gasteiger partial charge in [0, 0.05) is 11.3 Å². The van der Waals surface area contributed by atoms with Crippen LogP contribution in [0.3, 0.4) is 0 Å². The Kier molecular flexibility index (Phi) is 4.61. The van der Waals surface area contributed by atoms with Gasteiger partial charge in [0.05, 0.1) is 0 Å². The van der Waals surface area contributed by atoms with E-state index in [1.807, 2.05) is 0 Å². The quantitative estimate of drug-likeness (QED) is 0.438. The molecule has 0 aromatic heterocycles. The van der Waals surface area contributed by atoms with Gasteiger partial charge in [0.15, 0.2) is 0 Å². The van der Waals surface area contributed by atoms with E-state index in [-0.39, 0.29) is 15.8 Å². The number of benzene rings is 2. The van der Waals surface area contributed by atoms with Crippen molar-refractivity contribution >= 4 is 15.8 Å². The fourth-order valence-electron chi connectivity index (χ4n) is 4.82. The molecule has 0 fully saturated rings. The van der Waals surface area contributed by atoms with Gasteiger partial charge in [0.1, 0.15) is 0 Å². The molecule has 2 heterocycles. The summed E-state index contributed by atoms with van der Waals surface area (Å²) in [4.78, 5) is 0. The highest BCUT2D eigenvalue weighted by Crippen LogP contribution is 2.80. The Morgan fingerprint density at radius 3 is 1.31 bits per heavy atom. The van der Waals surface area contributed by atoms with E-state index in [2.05, 4.69) is 90.1 Å². The van der Waals surface area contributed by atoms with Crippen LogP contribution >= 0.6 is 15.8 Å². The monoisotopic (exact) mass is 382 g/mol. The maximum absolute atomic E-state index is 2.48. The third kappa shape index (κ3) is 3.08. The summed E-state index contributed by atoms with van der Waals surface area (Å²) in [5, 5.41) is 0.797. The highest BCUT2D eigenvalue weighted by Gasteiger charge is 2.50. The summed E-state index contributed by atoms with van der Waals surface area (Å²) in [5.41, 5.74) is 8.07. The molecular formula is C24H32P2. The minimum Gasteiger partial charge on any atom is -0.0880 e. The Bertz CT molecular complexity index is 740. The molecule has 0 radical (unpaired) electrons. The minimum atomic E-state index is -0.0695. The smallest absolute Gasteiger partial charge is 0.0161 e. The molecule has 2 aliphatic rings. The Morgan fingerprint density at radius 1 is 0.615 bits per heavy atom.